The fraction of sp³-hybridized carbons (Fsp3) is 0.647. The molecule has 0 saturated carbocycles. The van der Waals surface area contributed by atoms with Gasteiger partial charge in [-0.05, 0) is 26.3 Å². The van der Waals surface area contributed by atoms with Gasteiger partial charge in [-0.3, -0.25) is 4.79 Å². The smallest absolute Gasteiger partial charge is 0.410 e. The lowest BCUT2D eigenvalue weighted by atomic mass is 9.88. The highest BCUT2D eigenvalue weighted by Crippen LogP contribution is 2.40. The van der Waals surface area contributed by atoms with Crippen LogP contribution in [0.3, 0.4) is 0 Å². The van der Waals surface area contributed by atoms with Crippen molar-refractivity contribution in [1.29, 1.82) is 0 Å². The van der Waals surface area contributed by atoms with Crippen molar-refractivity contribution in [2.24, 2.45) is 0 Å². The van der Waals surface area contributed by atoms with Crippen LogP contribution in [0.15, 0.2) is 23.1 Å². The van der Waals surface area contributed by atoms with E-state index in [2.05, 4.69) is 0 Å². The molecule has 1 aromatic heterocycles. The van der Waals surface area contributed by atoms with Crippen LogP contribution in [0.4, 0.5) is 26.7 Å². The van der Waals surface area contributed by atoms with E-state index in [0.717, 1.165) is 23.2 Å². The maximum absolute atomic E-state index is 14.4. The number of hydrogen-bond donors (Lipinski definition) is 0. The van der Waals surface area contributed by atoms with Gasteiger partial charge in [-0.25, -0.2) is 13.6 Å². The molecule has 0 N–H and O–H groups in total. The van der Waals surface area contributed by atoms with Crippen molar-refractivity contribution < 1.29 is 31.5 Å². The molecule has 152 valence electrons. The average Bonchev–Trinajstić information content (AvgIpc) is 2.46. The fourth-order valence-corrected chi connectivity index (χ4v) is 2.82. The number of rotatable bonds is 2. The Morgan fingerprint density at radius 3 is 2.44 bits per heavy atom. The molecule has 1 saturated heterocycles. The van der Waals surface area contributed by atoms with E-state index in [9.17, 15) is 31.5 Å². The second-order valence-corrected chi connectivity index (χ2v) is 7.53. The number of alkyl halides is 5. The summed E-state index contributed by atoms with van der Waals surface area (Å²) in [5.74, 6) is -4.78. The van der Waals surface area contributed by atoms with E-state index in [-0.39, 0.29) is 12.1 Å². The SMILES string of the molecule is CC(C)(C)OC(=O)N1CCC(F)(F)C(c2ccc(=O)n(CC(F)(F)F)c2)C1. The van der Waals surface area contributed by atoms with E-state index in [1.807, 2.05) is 0 Å². The Balaban J connectivity index is 2.30. The molecule has 0 bridgehead atoms. The molecule has 0 radical (unpaired) electrons. The number of carbonyl (C=O) groups is 1. The second kappa shape index (κ2) is 7.12. The summed E-state index contributed by atoms with van der Waals surface area (Å²) >= 11 is 0. The lowest BCUT2D eigenvalue weighted by Crippen LogP contribution is -2.49. The highest BCUT2D eigenvalue weighted by Gasteiger charge is 2.47. The Kier molecular flexibility index (Phi) is 5.58. The van der Waals surface area contributed by atoms with Gasteiger partial charge in [0.25, 0.3) is 11.5 Å². The first-order valence-electron chi connectivity index (χ1n) is 8.31. The number of piperidine rings is 1. The predicted octanol–water partition coefficient (Wildman–Crippen LogP) is 3.77. The molecule has 10 heteroatoms. The number of halogens is 5. The van der Waals surface area contributed by atoms with Gasteiger partial charge in [0.15, 0.2) is 0 Å². The minimum atomic E-state index is -4.67. The minimum Gasteiger partial charge on any atom is -0.444 e. The summed E-state index contributed by atoms with van der Waals surface area (Å²) in [5, 5.41) is 0. The number of aromatic nitrogens is 1. The summed E-state index contributed by atoms with van der Waals surface area (Å²) in [4.78, 5) is 24.9. The van der Waals surface area contributed by atoms with Gasteiger partial charge >= 0.3 is 12.3 Å². The molecule has 2 rings (SSSR count). The number of likely N-dealkylation sites (tertiary alicyclic amines) is 1. The number of amides is 1. The fourth-order valence-electron chi connectivity index (χ4n) is 2.82. The van der Waals surface area contributed by atoms with Crippen LogP contribution in [0.1, 0.15) is 38.7 Å². The summed E-state index contributed by atoms with van der Waals surface area (Å²) < 4.78 is 72.1. The molecule has 0 aromatic carbocycles. The van der Waals surface area contributed by atoms with Crippen LogP contribution >= 0.6 is 0 Å². The van der Waals surface area contributed by atoms with Crippen LogP contribution in [0, 0.1) is 0 Å². The first-order valence-corrected chi connectivity index (χ1v) is 8.31. The summed E-state index contributed by atoms with van der Waals surface area (Å²) in [6.07, 6.45) is -5.31. The van der Waals surface area contributed by atoms with E-state index < -0.39 is 54.8 Å². The van der Waals surface area contributed by atoms with E-state index >= 15 is 0 Å². The molecular formula is C17H21F5N2O3. The summed E-state index contributed by atoms with van der Waals surface area (Å²) in [6.45, 7) is 2.66. The molecule has 0 aliphatic carbocycles. The second-order valence-electron chi connectivity index (χ2n) is 7.53. The first kappa shape index (κ1) is 21.2. The van der Waals surface area contributed by atoms with Gasteiger partial charge in [-0.2, -0.15) is 13.2 Å². The standard InChI is InChI=1S/C17H21F5N2O3/c1-15(2,3)27-14(26)23-7-6-16(18,19)12(9-23)11-4-5-13(25)24(8-11)10-17(20,21)22/h4-5,8,12H,6-7,9-10H2,1-3H3. The monoisotopic (exact) mass is 396 g/mol. The van der Waals surface area contributed by atoms with E-state index in [1.165, 1.54) is 0 Å². The quantitative estimate of drug-likeness (QED) is 0.715. The van der Waals surface area contributed by atoms with Gasteiger partial charge in [-0.15, -0.1) is 0 Å². The van der Waals surface area contributed by atoms with E-state index in [1.54, 1.807) is 20.8 Å². The summed E-state index contributed by atoms with van der Waals surface area (Å²) in [5.41, 5.74) is -1.90. The normalized spacial score (nSPS) is 20.4. The van der Waals surface area contributed by atoms with Crippen LogP contribution < -0.4 is 5.56 Å². The Labute approximate surface area is 152 Å². The van der Waals surface area contributed by atoms with Crippen LogP contribution in [0.25, 0.3) is 0 Å². The molecule has 27 heavy (non-hydrogen) atoms. The zero-order valence-corrected chi connectivity index (χ0v) is 15.1. The van der Waals surface area contributed by atoms with Crippen molar-refractivity contribution in [2.75, 3.05) is 13.1 Å². The third-order valence-corrected chi connectivity index (χ3v) is 4.04. The Bertz CT molecular complexity index is 752. The van der Waals surface area contributed by atoms with Gasteiger partial charge in [-0.1, -0.05) is 6.07 Å². The minimum absolute atomic E-state index is 0.142. The largest absolute Gasteiger partial charge is 0.444 e. The highest BCUT2D eigenvalue weighted by molar-refractivity contribution is 5.68. The average molecular weight is 396 g/mol. The first-order chi connectivity index (χ1) is 12.2. The number of nitrogens with zero attached hydrogens (tertiary/aromatic N) is 2. The number of hydrogen-bond acceptors (Lipinski definition) is 3. The summed E-state index contributed by atoms with van der Waals surface area (Å²) in [7, 11) is 0. The maximum atomic E-state index is 14.4. The molecule has 0 spiro atoms. The van der Waals surface area contributed by atoms with Crippen LogP contribution in [-0.2, 0) is 11.3 Å². The molecule has 1 unspecified atom stereocenters. The third kappa shape index (κ3) is 5.67. The van der Waals surface area contributed by atoms with E-state index in [0.29, 0.717) is 4.57 Å². The number of ether oxygens (including phenoxy) is 1. The Hall–Kier alpha value is -2.13. The molecule has 2 heterocycles. The molecule has 1 fully saturated rings. The highest BCUT2D eigenvalue weighted by atomic mass is 19.4. The van der Waals surface area contributed by atoms with Crippen molar-refractivity contribution in [3.63, 3.8) is 0 Å². The molecule has 1 aromatic rings. The lowest BCUT2D eigenvalue weighted by Gasteiger charge is -2.39. The maximum Gasteiger partial charge on any atom is 0.410 e. The number of pyridine rings is 1. The zero-order chi connectivity index (χ0) is 20.6. The topological polar surface area (TPSA) is 51.5 Å². The number of carbonyl (C=O) groups excluding carboxylic acids is 1. The van der Waals surface area contributed by atoms with Crippen molar-refractivity contribution in [3.8, 4) is 0 Å². The van der Waals surface area contributed by atoms with Gasteiger partial charge in [0.2, 0.25) is 0 Å². The van der Waals surface area contributed by atoms with Crippen LogP contribution in [0.2, 0.25) is 0 Å². The Morgan fingerprint density at radius 2 is 1.89 bits per heavy atom. The molecule has 5 nitrogen and oxygen atoms in total. The van der Waals surface area contributed by atoms with Crippen LogP contribution in [-0.4, -0.2) is 46.3 Å². The van der Waals surface area contributed by atoms with Gasteiger partial charge in [0, 0.05) is 31.8 Å². The van der Waals surface area contributed by atoms with Crippen molar-refractivity contribution in [3.05, 3.63) is 34.2 Å². The van der Waals surface area contributed by atoms with Crippen molar-refractivity contribution in [2.45, 2.75) is 57.4 Å². The van der Waals surface area contributed by atoms with Crippen LogP contribution in [0.5, 0.6) is 0 Å². The molecular weight excluding hydrogens is 375 g/mol. The van der Waals surface area contributed by atoms with Crippen molar-refractivity contribution >= 4 is 6.09 Å². The summed E-state index contributed by atoms with van der Waals surface area (Å²) in [6, 6.07) is 1.90. The van der Waals surface area contributed by atoms with Gasteiger partial charge < -0.3 is 14.2 Å². The molecule has 1 aliphatic rings. The lowest BCUT2D eigenvalue weighted by molar-refractivity contribution is -0.141. The molecule has 1 atom stereocenters. The van der Waals surface area contributed by atoms with Gasteiger partial charge in [0.1, 0.15) is 12.1 Å². The zero-order valence-electron chi connectivity index (χ0n) is 15.1. The van der Waals surface area contributed by atoms with Crippen molar-refractivity contribution in [1.82, 2.24) is 9.47 Å². The third-order valence-electron chi connectivity index (χ3n) is 4.04. The van der Waals surface area contributed by atoms with E-state index in [4.69, 9.17) is 4.74 Å². The predicted molar refractivity (Wildman–Crippen MR) is 86.9 cm³/mol. The molecule has 1 aliphatic heterocycles. The van der Waals surface area contributed by atoms with Gasteiger partial charge in [0.05, 0.1) is 5.92 Å². The Morgan fingerprint density at radius 1 is 1.26 bits per heavy atom. The molecule has 1 amide bonds.